The molecular formula is C13H14BrClFN. The van der Waals surface area contributed by atoms with Crippen LogP contribution < -0.4 is 5.32 Å². The Bertz CT molecular complexity index is 428. The van der Waals surface area contributed by atoms with E-state index in [2.05, 4.69) is 21.2 Å². The Labute approximate surface area is 114 Å². The molecule has 0 spiro atoms. The molecule has 0 radical (unpaired) electrons. The molecule has 0 bridgehead atoms. The lowest BCUT2D eigenvalue weighted by Gasteiger charge is -2.25. The van der Waals surface area contributed by atoms with Crippen molar-refractivity contribution in [2.75, 3.05) is 5.32 Å². The zero-order valence-corrected chi connectivity index (χ0v) is 11.7. The minimum atomic E-state index is -0.305. The van der Waals surface area contributed by atoms with E-state index in [4.69, 9.17) is 11.6 Å². The van der Waals surface area contributed by atoms with Crippen molar-refractivity contribution < 1.29 is 4.39 Å². The number of benzene rings is 1. The van der Waals surface area contributed by atoms with Crippen molar-refractivity contribution in [1.82, 2.24) is 0 Å². The maximum atomic E-state index is 13.1. The van der Waals surface area contributed by atoms with Crippen LogP contribution in [0.15, 0.2) is 16.6 Å². The maximum absolute atomic E-state index is 13.1. The lowest BCUT2D eigenvalue weighted by molar-refractivity contribution is 0.439. The average Bonchev–Trinajstić information content (AvgIpc) is 3.02. The highest BCUT2D eigenvalue weighted by atomic mass is 79.9. The van der Waals surface area contributed by atoms with E-state index in [9.17, 15) is 4.39 Å². The summed E-state index contributed by atoms with van der Waals surface area (Å²) in [6.07, 6.45) is 5.20. The summed E-state index contributed by atoms with van der Waals surface area (Å²) < 4.78 is 13.8. The standard InChI is InChI=1S/C13H14BrClFN/c14-10-5-8(16)6-11(15)13(10)17-12-3-1-2-7-4-9(7)12/h5-7,9,12,17H,1-4H2. The number of fused-ring (bicyclic) bond motifs is 1. The highest BCUT2D eigenvalue weighted by Gasteiger charge is 2.45. The molecule has 1 N–H and O–H groups in total. The Balaban J connectivity index is 1.80. The van der Waals surface area contributed by atoms with E-state index in [1.807, 2.05) is 0 Å². The summed E-state index contributed by atoms with van der Waals surface area (Å²) in [5.74, 6) is 1.41. The summed E-state index contributed by atoms with van der Waals surface area (Å²) in [5, 5.41) is 3.95. The van der Waals surface area contributed by atoms with Gasteiger partial charge < -0.3 is 5.32 Å². The van der Waals surface area contributed by atoms with Crippen molar-refractivity contribution in [1.29, 1.82) is 0 Å². The van der Waals surface area contributed by atoms with Gasteiger partial charge in [-0.2, -0.15) is 0 Å². The van der Waals surface area contributed by atoms with Crippen molar-refractivity contribution in [3.8, 4) is 0 Å². The number of hydrogen-bond donors (Lipinski definition) is 1. The van der Waals surface area contributed by atoms with E-state index < -0.39 is 0 Å². The molecule has 4 heteroatoms. The van der Waals surface area contributed by atoms with Crippen molar-refractivity contribution in [3.05, 3.63) is 27.4 Å². The zero-order chi connectivity index (χ0) is 12.0. The summed E-state index contributed by atoms with van der Waals surface area (Å²) in [7, 11) is 0. The van der Waals surface area contributed by atoms with Crippen LogP contribution in [0.2, 0.25) is 5.02 Å². The molecule has 2 aliphatic carbocycles. The molecular weight excluding hydrogens is 305 g/mol. The molecule has 1 aromatic rings. The Morgan fingerprint density at radius 1 is 1.35 bits per heavy atom. The fourth-order valence-electron chi connectivity index (χ4n) is 2.95. The van der Waals surface area contributed by atoms with Crippen molar-refractivity contribution in [2.24, 2.45) is 11.8 Å². The Morgan fingerprint density at radius 3 is 2.94 bits per heavy atom. The van der Waals surface area contributed by atoms with Crippen LogP contribution in [0.1, 0.15) is 25.7 Å². The van der Waals surface area contributed by atoms with E-state index in [0.29, 0.717) is 15.5 Å². The van der Waals surface area contributed by atoms with E-state index in [-0.39, 0.29) is 5.82 Å². The molecule has 2 fully saturated rings. The van der Waals surface area contributed by atoms with Gasteiger partial charge in [0.2, 0.25) is 0 Å². The van der Waals surface area contributed by atoms with Crippen LogP contribution in [0.5, 0.6) is 0 Å². The third kappa shape index (κ3) is 2.32. The van der Waals surface area contributed by atoms with Crippen LogP contribution in [0.3, 0.4) is 0 Å². The molecule has 3 rings (SSSR count). The monoisotopic (exact) mass is 317 g/mol. The molecule has 1 nitrogen and oxygen atoms in total. The van der Waals surface area contributed by atoms with Crippen LogP contribution in [-0.4, -0.2) is 6.04 Å². The summed E-state index contributed by atoms with van der Waals surface area (Å²) in [4.78, 5) is 0. The lowest BCUT2D eigenvalue weighted by Crippen LogP contribution is -2.25. The van der Waals surface area contributed by atoms with Gasteiger partial charge in [-0.1, -0.05) is 24.4 Å². The fraction of sp³-hybridized carbons (Fsp3) is 0.538. The topological polar surface area (TPSA) is 12.0 Å². The van der Waals surface area contributed by atoms with Crippen molar-refractivity contribution in [2.45, 2.75) is 31.7 Å². The molecule has 1 aromatic carbocycles. The van der Waals surface area contributed by atoms with Gasteiger partial charge in [0.1, 0.15) is 5.82 Å². The second kappa shape index (κ2) is 4.43. The average molecular weight is 319 g/mol. The van der Waals surface area contributed by atoms with Gasteiger partial charge in [0.05, 0.1) is 10.7 Å². The van der Waals surface area contributed by atoms with Gasteiger partial charge in [-0.15, -0.1) is 0 Å². The predicted molar refractivity (Wildman–Crippen MR) is 72.0 cm³/mol. The van der Waals surface area contributed by atoms with E-state index >= 15 is 0 Å². The molecule has 3 atom stereocenters. The van der Waals surface area contributed by atoms with E-state index in [0.717, 1.165) is 17.5 Å². The summed E-state index contributed by atoms with van der Waals surface area (Å²) in [6.45, 7) is 0. The second-order valence-corrected chi connectivity index (χ2v) is 6.35. The van der Waals surface area contributed by atoms with Gasteiger partial charge in [0.25, 0.3) is 0 Å². The summed E-state index contributed by atoms with van der Waals surface area (Å²) in [6, 6.07) is 3.33. The van der Waals surface area contributed by atoms with Crippen molar-refractivity contribution in [3.63, 3.8) is 0 Å². The fourth-order valence-corrected chi connectivity index (χ4v) is 3.88. The number of nitrogens with one attached hydrogen (secondary N) is 1. The molecule has 3 unspecified atom stereocenters. The molecule has 2 aliphatic rings. The van der Waals surface area contributed by atoms with Crippen LogP contribution in [-0.2, 0) is 0 Å². The van der Waals surface area contributed by atoms with Crippen LogP contribution >= 0.6 is 27.5 Å². The summed E-state index contributed by atoms with van der Waals surface area (Å²) in [5.41, 5.74) is 0.839. The van der Waals surface area contributed by atoms with Crippen LogP contribution in [0.25, 0.3) is 0 Å². The SMILES string of the molecule is Fc1cc(Cl)c(NC2CCCC3CC32)c(Br)c1. The highest BCUT2D eigenvalue weighted by molar-refractivity contribution is 9.10. The van der Waals surface area contributed by atoms with Gasteiger partial charge in [0.15, 0.2) is 0 Å². The van der Waals surface area contributed by atoms with Crippen LogP contribution in [0.4, 0.5) is 10.1 Å². The first-order chi connectivity index (χ1) is 8.15. The van der Waals surface area contributed by atoms with Gasteiger partial charge >= 0.3 is 0 Å². The minimum absolute atomic E-state index is 0.305. The third-order valence-electron chi connectivity index (χ3n) is 3.92. The molecule has 2 saturated carbocycles. The highest BCUT2D eigenvalue weighted by Crippen LogP contribution is 2.51. The Morgan fingerprint density at radius 2 is 2.18 bits per heavy atom. The van der Waals surface area contributed by atoms with Gasteiger partial charge in [-0.05, 0) is 52.7 Å². The zero-order valence-electron chi connectivity index (χ0n) is 9.35. The second-order valence-electron chi connectivity index (χ2n) is 5.09. The number of hydrogen-bond acceptors (Lipinski definition) is 1. The Kier molecular flexibility index (Phi) is 3.07. The van der Waals surface area contributed by atoms with Gasteiger partial charge in [0, 0.05) is 10.5 Å². The largest absolute Gasteiger partial charge is 0.380 e. The molecule has 0 heterocycles. The molecule has 17 heavy (non-hydrogen) atoms. The smallest absolute Gasteiger partial charge is 0.125 e. The minimum Gasteiger partial charge on any atom is -0.380 e. The third-order valence-corrected chi connectivity index (χ3v) is 4.84. The maximum Gasteiger partial charge on any atom is 0.125 e. The normalized spacial score (nSPS) is 30.9. The van der Waals surface area contributed by atoms with Gasteiger partial charge in [-0.25, -0.2) is 4.39 Å². The lowest BCUT2D eigenvalue weighted by atomic mass is 9.95. The number of anilines is 1. The van der Waals surface area contributed by atoms with Crippen molar-refractivity contribution >= 4 is 33.2 Å². The number of halogens is 3. The molecule has 92 valence electrons. The van der Waals surface area contributed by atoms with Crippen LogP contribution in [0, 0.1) is 17.7 Å². The van der Waals surface area contributed by atoms with Gasteiger partial charge in [-0.3, -0.25) is 0 Å². The molecule has 0 aliphatic heterocycles. The van der Waals surface area contributed by atoms with E-state index in [1.54, 1.807) is 0 Å². The predicted octanol–water partition coefficient (Wildman–Crippen LogP) is 4.84. The molecule has 0 saturated heterocycles. The molecule has 0 aromatic heterocycles. The summed E-state index contributed by atoms with van der Waals surface area (Å²) >= 11 is 9.45. The first kappa shape index (κ1) is 11.8. The molecule has 0 amide bonds. The van der Waals surface area contributed by atoms with E-state index in [1.165, 1.54) is 37.8 Å². The Hall–Kier alpha value is -0.280. The quantitative estimate of drug-likeness (QED) is 0.822. The number of rotatable bonds is 2. The first-order valence-corrected chi connectivity index (χ1v) is 7.23. The first-order valence-electron chi connectivity index (χ1n) is 6.06.